The van der Waals surface area contributed by atoms with Crippen molar-refractivity contribution in [1.29, 1.82) is 0 Å². The van der Waals surface area contributed by atoms with E-state index in [0.717, 1.165) is 24.1 Å². The van der Waals surface area contributed by atoms with Crippen LogP contribution in [0.15, 0.2) is 23.4 Å². The number of nitrogens with zero attached hydrogens (tertiary/aromatic N) is 2. The summed E-state index contributed by atoms with van der Waals surface area (Å²) in [5.74, 6) is 1.63. The molecule has 0 bridgehead atoms. The van der Waals surface area contributed by atoms with Crippen molar-refractivity contribution in [2.75, 3.05) is 18.5 Å². The van der Waals surface area contributed by atoms with Crippen LogP contribution in [0.3, 0.4) is 0 Å². The minimum Gasteiger partial charge on any atom is -0.409 e. The van der Waals surface area contributed by atoms with Crippen molar-refractivity contribution in [2.24, 2.45) is 22.7 Å². The quantitative estimate of drug-likeness (QED) is 0.381. The Kier molecular flexibility index (Phi) is 3.66. The van der Waals surface area contributed by atoms with E-state index in [1.54, 1.807) is 6.07 Å². The number of rotatable bonds is 4. The third-order valence-electron chi connectivity index (χ3n) is 3.54. The number of nitrogens with two attached hydrogens (primary N) is 1. The van der Waals surface area contributed by atoms with Gasteiger partial charge in [0.2, 0.25) is 0 Å². The number of amidine groups is 1. The van der Waals surface area contributed by atoms with Crippen LogP contribution < -0.4 is 10.6 Å². The lowest BCUT2D eigenvalue weighted by Crippen LogP contribution is -2.25. The van der Waals surface area contributed by atoms with Gasteiger partial charge in [0.1, 0.15) is 0 Å². The van der Waals surface area contributed by atoms with Gasteiger partial charge in [0, 0.05) is 29.9 Å². The van der Waals surface area contributed by atoms with Crippen molar-refractivity contribution in [3.63, 3.8) is 0 Å². The Labute approximate surface area is 112 Å². The van der Waals surface area contributed by atoms with Gasteiger partial charge in [-0.15, -0.1) is 0 Å². The molecule has 0 amide bonds. The molecule has 1 aliphatic rings. The van der Waals surface area contributed by atoms with E-state index in [2.05, 4.69) is 17.0 Å². The van der Waals surface area contributed by atoms with Gasteiger partial charge in [0.05, 0.1) is 0 Å². The zero-order valence-electron chi connectivity index (χ0n) is 10.6. The van der Waals surface area contributed by atoms with Crippen molar-refractivity contribution in [1.82, 2.24) is 0 Å². The molecule has 0 aromatic heterocycles. The number of hydrogen-bond donors (Lipinski definition) is 2. The molecular weight excluding hydrogens is 250 g/mol. The van der Waals surface area contributed by atoms with Crippen molar-refractivity contribution in [3.8, 4) is 0 Å². The Balaban J connectivity index is 2.25. The second-order valence-electron chi connectivity index (χ2n) is 5.00. The predicted octanol–water partition coefficient (Wildman–Crippen LogP) is 2.53. The smallest absolute Gasteiger partial charge is 0.172 e. The van der Waals surface area contributed by atoms with Gasteiger partial charge < -0.3 is 15.8 Å². The maximum absolute atomic E-state index is 8.82. The van der Waals surface area contributed by atoms with Crippen molar-refractivity contribution < 1.29 is 5.21 Å². The molecule has 3 N–H and O–H groups in total. The van der Waals surface area contributed by atoms with E-state index in [4.69, 9.17) is 22.5 Å². The summed E-state index contributed by atoms with van der Waals surface area (Å²) >= 11 is 5.95. The Morgan fingerprint density at radius 2 is 2.28 bits per heavy atom. The Hall–Kier alpha value is -1.42. The van der Waals surface area contributed by atoms with Gasteiger partial charge in [0.25, 0.3) is 0 Å². The maximum Gasteiger partial charge on any atom is 0.172 e. The molecule has 2 rings (SSSR count). The predicted molar refractivity (Wildman–Crippen MR) is 74.5 cm³/mol. The van der Waals surface area contributed by atoms with Crippen LogP contribution in [-0.2, 0) is 0 Å². The molecule has 2 unspecified atom stereocenters. The summed E-state index contributed by atoms with van der Waals surface area (Å²) in [7, 11) is 2.02. The van der Waals surface area contributed by atoms with E-state index in [1.165, 1.54) is 6.42 Å². The van der Waals surface area contributed by atoms with E-state index in [-0.39, 0.29) is 5.84 Å². The number of benzene rings is 1. The molecule has 2 atom stereocenters. The summed E-state index contributed by atoms with van der Waals surface area (Å²) in [5, 5.41) is 12.5. The lowest BCUT2D eigenvalue weighted by Gasteiger charge is -2.22. The highest BCUT2D eigenvalue weighted by atomic mass is 35.5. The molecule has 1 saturated carbocycles. The number of halogens is 1. The molecule has 4 nitrogen and oxygen atoms in total. The summed E-state index contributed by atoms with van der Waals surface area (Å²) in [6.07, 6.45) is 1.27. The molecule has 0 spiro atoms. The monoisotopic (exact) mass is 267 g/mol. The molecule has 1 aliphatic carbocycles. The zero-order chi connectivity index (χ0) is 13.3. The fourth-order valence-electron chi connectivity index (χ4n) is 2.20. The maximum atomic E-state index is 8.82. The third kappa shape index (κ3) is 2.70. The molecule has 5 heteroatoms. The van der Waals surface area contributed by atoms with Crippen LogP contribution in [0.5, 0.6) is 0 Å². The highest BCUT2D eigenvalue weighted by Gasteiger charge is 2.33. The highest BCUT2D eigenvalue weighted by Crippen LogP contribution is 2.39. The molecule has 0 saturated heterocycles. The number of oxime groups is 1. The van der Waals surface area contributed by atoms with Gasteiger partial charge in [-0.05, 0) is 36.5 Å². The first kappa shape index (κ1) is 13.0. The zero-order valence-corrected chi connectivity index (χ0v) is 11.4. The van der Waals surface area contributed by atoms with Crippen molar-refractivity contribution in [2.45, 2.75) is 13.3 Å². The molecule has 0 radical (unpaired) electrons. The molecule has 0 aliphatic heterocycles. The van der Waals surface area contributed by atoms with Gasteiger partial charge in [-0.3, -0.25) is 0 Å². The standard InChI is InChI=1S/C13H18ClN3O/c1-8-5-9(8)7-17(2)12-4-3-10(14)6-11(12)13(15)16-18/h3-4,6,8-9,18H,5,7H2,1-2H3,(H2,15,16). The summed E-state index contributed by atoms with van der Waals surface area (Å²) in [4.78, 5) is 2.14. The first-order valence-corrected chi connectivity index (χ1v) is 6.39. The summed E-state index contributed by atoms with van der Waals surface area (Å²) in [6.45, 7) is 3.24. The van der Waals surface area contributed by atoms with Crippen molar-refractivity contribution in [3.05, 3.63) is 28.8 Å². The largest absolute Gasteiger partial charge is 0.409 e. The number of anilines is 1. The van der Waals surface area contributed by atoms with E-state index >= 15 is 0 Å². The summed E-state index contributed by atoms with van der Waals surface area (Å²) < 4.78 is 0. The Bertz CT molecular complexity index is 475. The normalized spacial score (nSPS) is 22.9. The van der Waals surface area contributed by atoms with Crippen LogP contribution in [0.2, 0.25) is 5.02 Å². The highest BCUT2D eigenvalue weighted by molar-refractivity contribution is 6.31. The Morgan fingerprint density at radius 3 is 2.83 bits per heavy atom. The molecule has 98 valence electrons. The summed E-state index contributed by atoms with van der Waals surface area (Å²) in [5.41, 5.74) is 7.30. The third-order valence-corrected chi connectivity index (χ3v) is 3.77. The van der Waals surface area contributed by atoms with E-state index < -0.39 is 0 Å². The molecule has 1 aromatic rings. The first-order chi connectivity index (χ1) is 8.52. The van der Waals surface area contributed by atoms with Gasteiger partial charge in [-0.25, -0.2) is 0 Å². The second kappa shape index (κ2) is 5.06. The molecule has 0 heterocycles. The van der Waals surface area contributed by atoms with Crippen LogP contribution in [0.1, 0.15) is 18.9 Å². The Morgan fingerprint density at radius 1 is 1.61 bits per heavy atom. The molecule has 1 fully saturated rings. The van der Waals surface area contributed by atoms with Gasteiger partial charge >= 0.3 is 0 Å². The molecule has 1 aromatic carbocycles. The SMILES string of the molecule is CC1CC1CN(C)c1ccc(Cl)cc1C(N)=NO. The van der Waals surface area contributed by atoms with Gasteiger partial charge in [-0.2, -0.15) is 0 Å². The minimum absolute atomic E-state index is 0.0863. The molecule has 18 heavy (non-hydrogen) atoms. The van der Waals surface area contributed by atoms with E-state index in [0.29, 0.717) is 10.6 Å². The minimum atomic E-state index is 0.0863. The van der Waals surface area contributed by atoms with E-state index in [9.17, 15) is 0 Å². The van der Waals surface area contributed by atoms with E-state index in [1.807, 2.05) is 19.2 Å². The van der Waals surface area contributed by atoms with Crippen LogP contribution in [0, 0.1) is 11.8 Å². The van der Waals surface area contributed by atoms with Crippen LogP contribution in [-0.4, -0.2) is 24.6 Å². The first-order valence-electron chi connectivity index (χ1n) is 6.01. The summed E-state index contributed by atoms with van der Waals surface area (Å²) in [6, 6.07) is 5.44. The second-order valence-corrected chi connectivity index (χ2v) is 5.44. The number of hydrogen-bond acceptors (Lipinski definition) is 3. The average molecular weight is 268 g/mol. The lowest BCUT2D eigenvalue weighted by molar-refractivity contribution is 0.318. The van der Waals surface area contributed by atoms with Crippen LogP contribution in [0.25, 0.3) is 0 Å². The van der Waals surface area contributed by atoms with Gasteiger partial charge in [-0.1, -0.05) is 23.7 Å². The van der Waals surface area contributed by atoms with Crippen LogP contribution in [0.4, 0.5) is 5.69 Å². The van der Waals surface area contributed by atoms with Crippen molar-refractivity contribution >= 4 is 23.1 Å². The topological polar surface area (TPSA) is 61.8 Å². The molecular formula is C13H18ClN3O. The van der Waals surface area contributed by atoms with Gasteiger partial charge in [0.15, 0.2) is 5.84 Å². The van der Waals surface area contributed by atoms with Crippen LogP contribution >= 0.6 is 11.6 Å². The lowest BCUT2D eigenvalue weighted by atomic mass is 10.1. The fraction of sp³-hybridized carbons (Fsp3) is 0.462. The average Bonchev–Trinajstić information content (AvgIpc) is 3.03. The fourth-order valence-corrected chi connectivity index (χ4v) is 2.38.